The molecule has 0 saturated carbocycles. The van der Waals surface area contributed by atoms with E-state index in [9.17, 15) is 4.79 Å². The second-order valence-corrected chi connectivity index (χ2v) is 6.45. The summed E-state index contributed by atoms with van der Waals surface area (Å²) in [6.07, 6.45) is 4.59. The first-order valence-corrected chi connectivity index (χ1v) is 8.31. The highest BCUT2D eigenvalue weighted by Gasteiger charge is 2.13. The largest absolute Gasteiger partial charge is 0.347 e. The van der Waals surface area contributed by atoms with Crippen LogP contribution in [0.2, 0.25) is 5.02 Å². The number of carbonyl (C=O) groups excluding carboxylic acids is 1. The quantitative estimate of drug-likeness (QED) is 0.719. The highest BCUT2D eigenvalue weighted by Crippen LogP contribution is 2.29. The summed E-state index contributed by atoms with van der Waals surface area (Å²) in [7, 11) is 3.49. The molecule has 1 amide bonds. The predicted octanol–water partition coefficient (Wildman–Crippen LogP) is 4.01. The van der Waals surface area contributed by atoms with Crippen molar-refractivity contribution in [1.29, 1.82) is 0 Å². The van der Waals surface area contributed by atoms with Crippen LogP contribution >= 0.6 is 11.6 Å². The molecule has 3 rings (SSSR count). The van der Waals surface area contributed by atoms with Gasteiger partial charge in [0.2, 0.25) is 5.91 Å². The lowest BCUT2D eigenvalue weighted by Crippen LogP contribution is -2.25. The first kappa shape index (κ1) is 16.5. The second kappa shape index (κ2) is 6.65. The fourth-order valence-electron chi connectivity index (χ4n) is 2.67. The highest BCUT2D eigenvalue weighted by atomic mass is 35.5. The van der Waals surface area contributed by atoms with E-state index in [0.29, 0.717) is 5.02 Å². The van der Waals surface area contributed by atoms with E-state index in [1.807, 2.05) is 16.8 Å². The van der Waals surface area contributed by atoms with E-state index in [2.05, 4.69) is 36.2 Å². The third-order valence-corrected chi connectivity index (χ3v) is 4.42. The Bertz CT molecular complexity index is 899. The van der Waals surface area contributed by atoms with Gasteiger partial charge in [-0.15, -0.1) is 0 Å². The Balaban J connectivity index is 2.07. The van der Waals surface area contributed by atoms with E-state index in [-0.39, 0.29) is 12.5 Å². The number of rotatable bonds is 4. The van der Waals surface area contributed by atoms with Crippen molar-refractivity contribution in [2.75, 3.05) is 14.1 Å². The number of hydrogen-bond donors (Lipinski definition) is 0. The van der Waals surface area contributed by atoms with Crippen LogP contribution in [0.25, 0.3) is 22.2 Å². The Morgan fingerprint density at radius 2 is 2.04 bits per heavy atom. The van der Waals surface area contributed by atoms with Gasteiger partial charge in [0.15, 0.2) is 0 Å². The number of aromatic nitrogens is 2. The average Bonchev–Trinajstić information content (AvgIpc) is 2.90. The number of aryl methyl sites for hydroxylation is 1. The Labute approximate surface area is 146 Å². The number of carbonyl (C=O) groups is 1. The van der Waals surface area contributed by atoms with E-state index in [0.717, 1.165) is 28.6 Å². The van der Waals surface area contributed by atoms with E-state index in [4.69, 9.17) is 11.6 Å². The van der Waals surface area contributed by atoms with Crippen molar-refractivity contribution < 1.29 is 4.79 Å². The van der Waals surface area contributed by atoms with Gasteiger partial charge in [-0.25, -0.2) is 0 Å². The molecule has 0 unspecified atom stereocenters. The van der Waals surface area contributed by atoms with Crippen LogP contribution in [0.4, 0.5) is 0 Å². The minimum Gasteiger partial charge on any atom is -0.347 e. The first-order chi connectivity index (χ1) is 11.5. The van der Waals surface area contributed by atoms with Gasteiger partial charge >= 0.3 is 0 Å². The van der Waals surface area contributed by atoms with Crippen molar-refractivity contribution in [2.45, 2.75) is 19.9 Å². The third-order valence-electron chi connectivity index (χ3n) is 4.15. The maximum absolute atomic E-state index is 12.0. The van der Waals surface area contributed by atoms with Gasteiger partial charge in [0, 0.05) is 32.1 Å². The van der Waals surface area contributed by atoms with Crippen LogP contribution in [-0.2, 0) is 17.8 Å². The number of nitrogens with zero attached hydrogens (tertiary/aromatic N) is 3. The molecule has 5 heteroatoms. The Hall–Kier alpha value is -2.33. The maximum atomic E-state index is 12.0. The van der Waals surface area contributed by atoms with Gasteiger partial charge in [-0.3, -0.25) is 9.78 Å². The van der Waals surface area contributed by atoms with Crippen molar-refractivity contribution in [1.82, 2.24) is 14.5 Å². The summed E-state index contributed by atoms with van der Waals surface area (Å²) in [6.45, 7) is 2.38. The van der Waals surface area contributed by atoms with Crippen LogP contribution in [-0.4, -0.2) is 34.5 Å². The lowest BCUT2D eigenvalue weighted by Gasteiger charge is -2.12. The normalized spacial score (nSPS) is 11.0. The zero-order chi connectivity index (χ0) is 17.3. The fourth-order valence-corrected chi connectivity index (χ4v) is 2.93. The smallest absolute Gasteiger partial charge is 0.241 e. The van der Waals surface area contributed by atoms with E-state index in [1.54, 1.807) is 25.2 Å². The summed E-state index contributed by atoms with van der Waals surface area (Å²) in [5.41, 5.74) is 5.01. The molecule has 2 heterocycles. The number of amides is 1. The summed E-state index contributed by atoms with van der Waals surface area (Å²) < 4.78 is 1.86. The van der Waals surface area contributed by atoms with Crippen molar-refractivity contribution in [3.8, 4) is 11.1 Å². The third kappa shape index (κ3) is 3.15. The molecule has 0 N–H and O–H groups in total. The van der Waals surface area contributed by atoms with Crippen LogP contribution in [0.15, 0.2) is 42.7 Å². The minimum absolute atomic E-state index is 0.0157. The molecule has 3 aromatic rings. The number of pyridine rings is 1. The van der Waals surface area contributed by atoms with Gasteiger partial charge in [-0.05, 0) is 23.6 Å². The van der Waals surface area contributed by atoms with Crippen molar-refractivity contribution in [2.24, 2.45) is 0 Å². The summed E-state index contributed by atoms with van der Waals surface area (Å²) >= 11 is 6.28. The van der Waals surface area contributed by atoms with Gasteiger partial charge in [-0.1, -0.05) is 42.8 Å². The molecule has 0 fully saturated rings. The number of likely N-dealkylation sites (N-methyl/N-ethyl adjacent to an activating group) is 1. The molecule has 2 aromatic heterocycles. The van der Waals surface area contributed by atoms with Crippen molar-refractivity contribution in [3.05, 3.63) is 53.3 Å². The van der Waals surface area contributed by atoms with Gasteiger partial charge in [0.25, 0.3) is 0 Å². The van der Waals surface area contributed by atoms with Gasteiger partial charge in [-0.2, -0.15) is 0 Å². The molecule has 4 nitrogen and oxygen atoms in total. The fraction of sp³-hybridized carbons (Fsp3) is 0.263. The summed E-state index contributed by atoms with van der Waals surface area (Å²) in [6, 6.07) is 10.5. The van der Waals surface area contributed by atoms with E-state index in [1.165, 1.54) is 5.56 Å². The van der Waals surface area contributed by atoms with Gasteiger partial charge < -0.3 is 9.47 Å². The Kier molecular flexibility index (Phi) is 4.58. The zero-order valence-electron chi connectivity index (χ0n) is 14.1. The highest BCUT2D eigenvalue weighted by molar-refractivity contribution is 6.35. The number of fused-ring (bicyclic) bond motifs is 1. The van der Waals surface area contributed by atoms with Crippen molar-refractivity contribution >= 4 is 28.5 Å². The molecule has 24 heavy (non-hydrogen) atoms. The average molecular weight is 342 g/mol. The molecule has 0 aliphatic heterocycles. The van der Waals surface area contributed by atoms with Crippen LogP contribution in [0.1, 0.15) is 12.5 Å². The Morgan fingerprint density at radius 3 is 2.75 bits per heavy atom. The van der Waals surface area contributed by atoms with Crippen LogP contribution in [0, 0.1) is 0 Å². The lowest BCUT2D eigenvalue weighted by molar-refractivity contribution is -0.129. The molecule has 0 saturated heterocycles. The van der Waals surface area contributed by atoms with Crippen LogP contribution in [0.3, 0.4) is 0 Å². The lowest BCUT2D eigenvalue weighted by atomic mass is 10.0. The van der Waals surface area contributed by atoms with E-state index >= 15 is 0 Å². The molecule has 0 aliphatic carbocycles. The second-order valence-electron chi connectivity index (χ2n) is 6.04. The number of benzene rings is 1. The topological polar surface area (TPSA) is 38.1 Å². The predicted molar refractivity (Wildman–Crippen MR) is 98.3 cm³/mol. The van der Waals surface area contributed by atoms with Gasteiger partial charge in [0.05, 0.1) is 10.5 Å². The molecule has 0 bridgehead atoms. The maximum Gasteiger partial charge on any atom is 0.241 e. The number of hydrogen-bond acceptors (Lipinski definition) is 2. The van der Waals surface area contributed by atoms with Crippen LogP contribution < -0.4 is 0 Å². The standard InChI is InChI=1S/C19H20ClN3O/c1-4-13-6-5-7-14(8-13)15-9-17-19(21-10-15)16(20)11-23(17)12-18(24)22(2)3/h5-11H,4,12H2,1-3H3. The summed E-state index contributed by atoms with van der Waals surface area (Å²) in [4.78, 5) is 18.1. The number of halogens is 1. The molecule has 1 aromatic carbocycles. The molecular formula is C19H20ClN3O. The minimum atomic E-state index is 0.0157. The summed E-state index contributed by atoms with van der Waals surface area (Å²) in [5.74, 6) is 0.0157. The van der Waals surface area contributed by atoms with E-state index < -0.39 is 0 Å². The SMILES string of the molecule is CCc1cccc(-c2cnc3c(Cl)cn(CC(=O)N(C)C)c3c2)c1. The van der Waals surface area contributed by atoms with Crippen LogP contribution in [0.5, 0.6) is 0 Å². The molecule has 0 atom stereocenters. The molecule has 0 spiro atoms. The molecular weight excluding hydrogens is 322 g/mol. The molecule has 0 radical (unpaired) electrons. The first-order valence-electron chi connectivity index (χ1n) is 7.93. The van der Waals surface area contributed by atoms with Crippen molar-refractivity contribution in [3.63, 3.8) is 0 Å². The monoisotopic (exact) mass is 341 g/mol. The summed E-state index contributed by atoms with van der Waals surface area (Å²) in [5, 5.41) is 0.561. The molecule has 0 aliphatic rings. The Morgan fingerprint density at radius 1 is 1.25 bits per heavy atom. The molecule has 124 valence electrons. The van der Waals surface area contributed by atoms with Gasteiger partial charge in [0.1, 0.15) is 12.1 Å². The zero-order valence-corrected chi connectivity index (χ0v) is 14.8.